The van der Waals surface area contributed by atoms with Crippen LogP contribution >= 0.6 is 0 Å². The maximum atomic E-state index is 12.6. The molecule has 0 spiro atoms. The van der Waals surface area contributed by atoms with E-state index in [1.807, 2.05) is 7.05 Å². The van der Waals surface area contributed by atoms with Crippen molar-refractivity contribution in [1.82, 2.24) is 20.4 Å². The first kappa shape index (κ1) is 36.3. The Morgan fingerprint density at radius 2 is 1.52 bits per heavy atom. The SMILES string of the molecule is CN(CCOCNCCCC(CC(=O)OCCN(C)C(=O)NC1CCCCC1)CC(C)(C)C)C(=O)CC1CCCCC1. The van der Waals surface area contributed by atoms with Crippen LogP contribution in [0.25, 0.3) is 0 Å². The Hall–Kier alpha value is -1.87. The number of nitrogens with one attached hydrogen (secondary N) is 2. The molecular weight excluding hydrogens is 532 g/mol. The molecule has 2 fully saturated rings. The standard InChI is InChI=1S/C33H62N4O5/c1-33(2,3)25-28(24-31(39)42-22-20-37(5)32(40)35-29-16-10-7-11-17-29)15-12-18-34-26-41-21-19-36(4)30(38)23-27-13-8-6-9-14-27/h27-29,34H,6-26H2,1-5H3,(H,35,40). The van der Waals surface area contributed by atoms with Gasteiger partial charge in [-0.1, -0.05) is 59.3 Å². The van der Waals surface area contributed by atoms with Gasteiger partial charge in [-0.25, -0.2) is 4.79 Å². The van der Waals surface area contributed by atoms with Gasteiger partial charge in [-0.05, 0) is 68.7 Å². The molecule has 0 aromatic rings. The van der Waals surface area contributed by atoms with Crippen molar-refractivity contribution >= 4 is 17.9 Å². The lowest BCUT2D eigenvalue weighted by Crippen LogP contribution is -2.44. The van der Waals surface area contributed by atoms with E-state index in [1.165, 1.54) is 51.4 Å². The summed E-state index contributed by atoms with van der Waals surface area (Å²) in [6.45, 7) is 9.63. The summed E-state index contributed by atoms with van der Waals surface area (Å²) in [5, 5.41) is 6.42. The molecule has 9 heteroatoms. The lowest BCUT2D eigenvalue weighted by molar-refractivity contribution is -0.145. The van der Waals surface area contributed by atoms with E-state index >= 15 is 0 Å². The highest BCUT2D eigenvalue weighted by atomic mass is 16.5. The second kappa shape index (κ2) is 20.2. The monoisotopic (exact) mass is 594 g/mol. The fourth-order valence-corrected chi connectivity index (χ4v) is 6.22. The zero-order valence-corrected chi connectivity index (χ0v) is 27.5. The van der Waals surface area contributed by atoms with Crippen LogP contribution in [-0.4, -0.2) is 87.4 Å². The number of urea groups is 1. The Bertz CT molecular complexity index is 775. The molecule has 0 aromatic heterocycles. The highest BCUT2D eigenvalue weighted by Gasteiger charge is 2.23. The van der Waals surface area contributed by atoms with Crippen LogP contribution in [0, 0.1) is 17.3 Å². The Morgan fingerprint density at radius 3 is 2.19 bits per heavy atom. The Labute approximate surface area is 256 Å². The van der Waals surface area contributed by atoms with E-state index in [0.717, 1.165) is 38.6 Å². The lowest BCUT2D eigenvalue weighted by atomic mass is 9.81. The van der Waals surface area contributed by atoms with E-state index < -0.39 is 0 Å². The second-order valence-electron chi connectivity index (χ2n) is 14.0. The molecule has 0 saturated heterocycles. The van der Waals surface area contributed by atoms with Gasteiger partial charge in [0.2, 0.25) is 5.91 Å². The lowest BCUT2D eigenvalue weighted by Gasteiger charge is -2.27. The van der Waals surface area contributed by atoms with E-state index in [2.05, 4.69) is 31.4 Å². The number of hydrogen-bond acceptors (Lipinski definition) is 6. The average molecular weight is 595 g/mol. The van der Waals surface area contributed by atoms with E-state index in [4.69, 9.17) is 9.47 Å². The van der Waals surface area contributed by atoms with Gasteiger partial charge in [-0.2, -0.15) is 0 Å². The predicted molar refractivity (Wildman–Crippen MR) is 168 cm³/mol. The first-order valence-electron chi connectivity index (χ1n) is 16.7. The Balaban J connectivity index is 1.56. The van der Waals surface area contributed by atoms with Gasteiger partial charge in [0.15, 0.2) is 0 Å². The minimum absolute atomic E-state index is 0.0878. The Kier molecular flexibility index (Phi) is 17.4. The van der Waals surface area contributed by atoms with Gasteiger partial charge in [0.1, 0.15) is 6.61 Å². The van der Waals surface area contributed by atoms with E-state index in [-0.39, 0.29) is 41.9 Å². The van der Waals surface area contributed by atoms with Crippen molar-refractivity contribution in [2.75, 3.05) is 53.7 Å². The number of amides is 3. The van der Waals surface area contributed by atoms with Crippen LogP contribution in [0.3, 0.4) is 0 Å². The number of nitrogens with zero attached hydrogens (tertiary/aromatic N) is 2. The van der Waals surface area contributed by atoms with Crippen LogP contribution in [0.15, 0.2) is 0 Å². The smallest absolute Gasteiger partial charge is 0.317 e. The van der Waals surface area contributed by atoms with Crippen molar-refractivity contribution in [2.24, 2.45) is 17.3 Å². The van der Waals surface area contributed by atoms with Gasteiger partial charge in [-0.15, -0.1) is 0 Å². The summed E-state index contributed by atoms with van der Waals surface area (Å²) in [7, 11) is 3.62. The van der Waals surface area contributed by atoms with Crippen molar-refractivity contribution in [2.45, 2.75) is 123 Å². The molecule has 0 bridgehead atoms. The molecule has 2 N–H and O–H groups in total. The van der Waals surface area contributed by atoms with Crippen molar-refractivity contribution in [3.63, 3.8) is 0 Å². The molecule has 2 saturated carbocycles. The zero-order chi connectivity index (χ0) is 30.8. The van der Waals surface area contributed by atoms with E-state index in [1.54, 1.807) is 16.8 Å². The van der Waals surface area contributed by atoms with Crippen LogP contribution in [0.4, 0.5) is 4.79 Å². The molecule has 2 aliphatic rings. The van der Waals surface area contributed by atoms with Crippen LogP contribution in [-0.2, 0) is 19.1 Å². The molecule has 0 radical (unpaired) electrons. The first-order valence-corrected chi connectivity index (χ1v) is 16.7. The average Bonchev–Trinajstić information content (AvgIpc) is 2.94. The molecule has 244 valence electrons. The maximum absolute atomic E-state index is 12.6. The minimum atomic E-state index is -0.191. The maximum Gasteiger partial charge on any atom is 0.317 e. The van der Waals surface area contributed by atoms with Crippen LogP contribution in [0.5, 0.6) is 0 Å². The molecule has 3 amide bonds. The molecule has 42 heavy (non-hydrogen) atoms. The normalized spacial score (nSPS) is 17.5. The zero-order valence-electron chi connectivity index (χ0n) is 27.5. The van der Waals surface area contributed by atoms with E-state index in [0.29, 0.717) is 45.2 Å². The molecule has 1 unspecified atom stereocenters. The number of rotatable bonds is 18. The quantitative estimate of drug-likeness (QED) is 0.120. The van der Waals surface area contributed by atoms with Crippen molar-refractivity contribution in [1.29, 1.82) is 0 Å². The number of esters is 1. The third-order valence-electron chi connectivity index (χ3n) is 8.68. The summed E-state index contributed by atoms with van der Waals surface area (Å²) in [5.74, 6) is 0.847. The van der Waals surface area contributed by atoms with Crippen molar-refractivity contribution in [3.05, 3.63) is 0 Å². The summed E-state index contributed by atoms with van der Waals surface area (Å²) in [6.07, 6.45) is 15.8. The van der Waals surface area contributed by atoms with Crippen molar-refractivity contribution in [3.8, 4) is 0 Å². The number of hydrogen-bond donors (Lipinski definition) is 2. The van der Waals surface area contributed by atoms with Crippen LogP contribution < -0.4 is 10.6 Å². The minimum Gasteiger partial charge on any atom is -0.464 e. The van der Waals surface area contributed by atoms with Gasteiger partial charge in [0.25, 0.3) is 0 Å². The summed E-state index contributed by atoms with van der Waals surface area (Å²) in [6, 6.07) is 0.179. The summed E-state index contributed by atoms with van der Waals surface area (Å²) in [5.41, 5.74) is 0.124. The summed E-state index contributed by atoms with van der Waals surface area (Å²) in [4.78, 5) is 40.9. The number of carbonyl (C=O) groups excluding carboxylic acids is 3. The van der Waals surface area contributed by atoms with Gasteiger partial charge < -0.3 is 24.6 Å². The largest absolute Gasteiger partial charge is 0.464 e. The van der Waals surface area contributed by atoms with Gasteiger partial charge in [-0.3, -0.25) is 14.9 Å². The molecule has 2 rings (SSSR count). The number of likely N-dealkylation sites (N-methyl/N-ethyl adjacent to an activating group) is 2. The number of ether oxygens (including phenoxy) is 2. The molecule has 2 aliphatic carbocycles. The molecule has 0 aromatic carbocycles. The summed E-state index contributed by atoms with van der Waals surface area (Å²) < 4.78 is 11.2. The second-order valence-corrected chi connectivity index (χ2v) is 14.0. The Morgan fingerprint density at radius 1 is 0.881 bits per heavy atom. The van der Waals surface area contributed by atoms with E-state index in [9.17, 15) is 14.4 Å². The van der Waals surface area contributed by atoms with Crippen LogP contribution in [0.2, 0.25) is 0 Å². The third kappa shape index (κ3) is 16.7. The van der Waals surface area contributed by atoms with Gasteiger partial charge >= 0.3 is 12.0 Å². The molecule has 9 nitrogen and oxygen atoms in total. The first-order chi connectivity index (χ1) is 20.0. The topological polar surface area (TPSA) is 100 Å². The molecular formula is C33H62N4O5. The summed E-state index contributed by atoms with van der Waals surface area (Å²) >= 11 is 0. The van der Waals surface area contributed by atoms with Gasteiger partial charge in [0.05, 0.1) is 19.9 Å². The third-order valence-corrected chi connectivity index (χ3v) is 8.68. The van der Waals surface area contributed by atoms with Gasteiger partial charge in [0, 0.05) is 39.5 Å². The fraction of sp³-hybridized carbons (Fsp3) is 0.909. The molecule has 1 atom stereocenters. The van der Waals surface area contributed by atoms with Crippen LogP contribution in [0.1, 0.15) is 117 Å². The number of carbonyl (C=O) groups is 3. The molecule has 0 heterocycles. The predicted octanol–water partition coefficient (Wildman–Crippen LogP) is 5.72. The fourth-order valence-electron chi connectivity index (χ4n) is 6.22. The molecule has 0 aliphatic heterocycles. The highest BCUT2D eigenvalue weighted by Crippen LogP contribution is 2.29. The highest BCUT2D eigenvalue weighted by molar-refractivity contribution is 5.76. The van der Waals surface area contributed by atoms with Crippen molar-refractivity contribution < 1.29 is 23.9 Å².